The number of benzene rings is 3. The summed E-state index contributed by atoms with van der Waals surface area (Å²) >= 11 is 0. The predicted octanol–water partition coefficient (Wildman–Crippen LogP) is 7.46. The summed E-state index contributed by atoms with van der Waals surface area (Å²) in [6.07, 6.45) is 8.32. The van der Waals surface area contributed by atoms with Gasteiger partial charge in [0.15, 0.2) is 0 Å². The minimum Gasteiger partial charge on any atom is -0.491 e. The van der Waals surface area contributed by atoms with Crippen molar-refractivity contribution in [2.75, 3.05) is 6.61 Å². The van der Waals surface area contributed by atoms with Gasteiger partial charge in [-0.3, -0.25) is 0 Å². The Labute approximate surface area is 228 Å². The highest BCUT2D eigenvalue weighted by Crippen LogP contribution is 2.44. The lowest BCUT2D eigenvalue weighted by molar-refractivity contribution is 0.146. The van der Waals surface area contributed by atoms with Gasteiger partial charge in [0.05, 0.1) is 12.2 Å². The van der Waals surface area contributed by atoms with Crippen LogP contribution in [0.3, 0.4) is 0 Å². The highest BCUT2D eigenvalue weighted by molar-refractivity contribution is 5.43. The molecule has 0 radical (unpaired) electrons. The molecule has 0 amide bonds. The molecule has 0 bridgehead atoms. The predicted molar refractivity (Wildman–Crippen MR) is 154 cm³/mol. The van der Waals surface area contributed by atoms with Crippen molar-refractivity contribution in [2.45, 2.75) is 89.4 Å². The highest BCUT2D eigenvalue weighted by atomic mass is 16.5. The van der Waals surface area contributed by atoms with Crippen LogP contribution in [-0.2, 0) is 13.0 Å². The average Bonchev–Trinajstić information content (AvgIpc) is 3.12. The van der Waals surface area contributed by atoms with Crippen LogP contribution in [-0.4, -0.2) is 29.0 Å². The van der Waals surface area contributed by atoms with Gasteiger partial charge in [-0.25, -0.2) is 0 Å². The second kappa shape index (κ2) is 14.9. The SMILES string of the molecule is CC(CCCc1ccccc1)Oc1ccc(C2CC(O)CCCC2CCCO)c(OCc2ccccc2)c1. The van der Waals surface area contributed by atoms with Gasteiger partial charge in [0, 0.05) is 12.7 Å². The first-order valence-corrected chi connectivity index (χ1v) is 14.4. The van der Waals surface area contributed by atoms with Gasteiger partial charge in [-0.1, -0.05) is 73.2 Å². The Bertz CT molecular complexity index is 1070. The maximum atomic E-state index is 10.7. The largest absolute Gasteiger partial charge is 0.491 e. The van der Waals surface area contributed by atoms with Crippen LogP contribution in [0.25, 0.3) is 0 Å². The lowest BCUT2D eigenvalue weighted by atomic mass is 9.79. The van der Waals surface area contributed by atoms with E-state index < -0.39 is 0 Å². The third-order valence-electron chi connectivity index (χ3n) is 7.82. The molecule has 4 unspecified atom stereocenters. The van der Waals surface area contributed by atoms with Gasteiger partial charge < -0.3 is 19.7 Å². The molecule has 3 aromatic carbocycles. The molecule has 2 N–H and O–H groups in total. The van der Waals surface area contributed by atoms with E-state index in [4.69, 9.17) is 9.47 Å². The third-order valence-corrected chi connectivity index (χ3v) is 7.82. The number of aryl methyl sites for hydroxylation is 1. The number of aliphatic hydroxyl groups excluding tert-OH is 2. The van der Waals surface area contributed by atoms with E-state index in [1.165, 1.54) is 5.56 Å². The molecule has 1 aliphatic rings. The molecule has 204 valence electrons. The van der Waals surface area contributed by atoms with Gasteiger partial charge in [0.2, 0.25) is 0 Å². The molecule has 0 aliphatic heterocycles. The van der Waals surface area contributed by atoms with E-state index in [2.05, 4.69) is 61.5 Å². The van der Waals surface area contributed by atoms with E-state index in [0.29, 0.717) is 12.5 Å². The fourth-order valence-corrected chi connectivity index (χ4v) is 5.78. The normalized spacial score (nSPS) is 20.4. The minimum atomic E-state index is -0.304. The molecule has 0 spiro atoms. The average molecular weight is 517 g/mol. The second-order valence-electron chi connectivity index (χ2n) is 10.8. The topological polar surface area (TPSA) is 58.9 Å². The zero-order chi connectivity index (χ0) is 26.6. The minimum absolute atomic E-state index is 0.101. The van der Waals surface area contributed by atoms with Crippen LogP contribution in [0.1, 0.15) is 80.9 Å². The van der Waals surface area contributed by atoms with Crippen molar-refractivity contribution in [1.82, 2.24) is 0 Å². The Kier molecular flexibility index (Phi) is 11.1. The molecule has 4 rings (SSSR count). The van der Waals surface area contributed by atoms with E-state index in [1.54, 1.807) is 0 Å². The highest BCUT2D eigenvalue weighted by Gasteiger charge is 2.31. The fraction of sp³-hybridized carbons (Fsp3) is 0.471. The second-order valence-corrected chi connectivity index (χ2v) is 10.8. The van der Waals surface area contributed by atoms with Gasteiger partial charge in [-0.05, 0) is 92.9 Å². The fourth-order valence-electron chi connectivity index (χ4n) is 5.78. The zero-order valence-electron chi connectivity index (χ0n) is 22.8. The molecule has 1 aliphatic carbocycles. The molecule has 4 atom stereocenters. The smallest absolute Gasteiger partial charge is 0.126 e. The van der Waals surface area contributed by atoms with E-state index >= 15 is 0 Å². The van der Waals surface area contributed by atoms with Gasteiger partial charge in [0.1, 0.15) is 18.1 Å². The lowest BCUT2D eigenvalue weighted by Gasteiger charge is -2.28. The third kappa shape index (κ3) is 8.61. The monoisotopic (exact) mass is 516 g/mol. The Morgan fingerprint density at radius 1 is 0.895 bits per heavy atom. The van der Waals surface area contributed by atoms with Crippen molar-refractivity contribution in [2.24, 2.45) is 5.92 Å². The van der Waals surface area contributed by atoms with Crippen LogP contribution in [0.15, 0.2) is 78.9 Å². The Morgan fingerprint density at radius 3 is 2.37 bits per heavy atom. The summed E-state index contributed by atoms with van der Waals surface area (Å²) in [4.78, 5) is 0. The number of rotatable bonds is 13. The molecule has 0 heterocycles. The van der Waals surface area contributed by atoms with E-state index in [-0.39, 0.29) is 24.7 Å². The van der Waals surface area contributed by atoms with Crippen LogP contribution >= 0.6 is 0 Å². The van der Waals surface area contributed by atoms with Crippen LogP contribution < -0.4 is 9.47 Å². The van der Waals surface area contributed by atoms with Crippen LogP contribution in [0, 0.1) is 5.92 Å². The molecule has 3 aromatic rings. The lowest BCUT2D eigenvalue weighted by Crippen LogP contribution is -2.18. The summed E-state index contributed by atoms with van der Waals surface area (Å²) < 4.78 is 12.8. The molecule has 38 heavy (non-hydrogen) atoms. The maximum Gasteiger partial charge on any atom is 0.126 e. The van der Waals surface area contributed by atoms with Crippen molar-refractivity contribution in [3.05, 3.63) is 95.6 Å². The summed E-state index contributed by atoms with van der Waals surface area (Å²) in [7, 11) is 0. The van der Waals surface area contributed by atoms with E-state index in [0.717, 1.165) is 80.4 Å². The molecular weight excluding hydrogens is 472 g/mol. The molecular formula is C34H44O4. The van der Waals surface area contributed by atoms with Gasteiger partial charge in [0.25, 0.3) is 0 Å². The first kappa shape index (κ1) is 28.2. The number of aliphatic hydroxyl groups is 2. The summed E-state index contributed by atoms with van der Waals surface area (Å²) in [6, 6.07) is 27.1. The number of hydrogen-bond acceptors (Lipinski definition) is 4. The zero-order valence-corrected chi connectivity index (χ0v) is 22.8. The molecule has 1 fully saturated rings. The van der Waals surface area contributed by atoms with Crippen molar-refractivity contribution < 1.29 is 19.7 Å². The van der Waals surface area contributed by atoms with Gasteiger partial charge in [-0.15, -0.1) is 0 Å². The van der Waals surface area contributed by atoms with Crippen molar-refractivity contribution >= 4 is 0 Å². The Balaban J connectivity index is 1.50. The first-order valence-electron chi connectivity index (χ1n) is 14.4. The summed E-state index contributed by atoms with van der Waals surface area (Å²) in [5.41, 5.74) is 3.63. The van der Waals surface area contributed by atoms with Gasteiger partial charge in [-0.2, -0.15) is 0 Å². The van der Waals surface area contributed by atoms with Crippen LogP contribution in [0.2, 0.25) is 0 Å². The van der Waals surface area contributed by atoms with Crippen molar-refractivity contribution in [3.8, 4) is 11.5 Å². The number of ether oxygens (including phenoxy) is 2. The Morgan fingerprint density at radius 2 is 1.63 bits per heavy atom. The van der Waals surface area contributed by atoms with Crippen molar-refractivity contribution in [3.63, 3.8) is 0 Å². The standard InChI is InChI=1S/C34H44O4/c1-26(11-8-16-27-12-4-2-5-13-27)38-31-20-21-32(34(24-31)37-25-28-14-6-3-7-15-28)33-23-30(36)19-9-17-29(33)18-10-22-35/h2-7,12-15,20-21,24,26,29-30,33,35-36H,8-11,16-19,22-23,25H2,1H3. The Hall–Kier alpha value is -2.82. The van der Waals surface area contributed by atoms with Gasteiger partial charge >= 0.3 is 0 Å². The van der Waals surface area contributed by atoms with Crippen molar-refractivity contribution in [1.29, 1.82) is 0 Å². The van der Waals surface area contributed by atoms with Crippen LogP contribution in [0.5, 0.6) is 11.5 Å². The first-order chi connectivity index (χ1) is 18.6. The quantitative estimate of drug-likeness (QED) is 0.232. The summed E-state index contributed by atoms with van der Waals surface area (Å²) in [6.45, 7) is 2.83. The molecule has 1 saturated carbocycles. The summed E-state index contributed by atoms with van der Waals surface area (Å²) in [5.74, 6) is 2.28. The maximum absolute atomic E-state index is 10.7. The molecule has 0 saturated heterocycles. The van der Waals surface area contributed by atoms with Crippen LogP contribution in [0.4, 0.5) is 0 Å². The molecule has 4 heteroatoms. The van der Waals surface area contributed by atoms with E-state index in [1.807, 2.05) is 24.3 Å². The van der Waals surface area contributed by atoms with E-state index in [9.17, 15) is 10.2 Å². The molecule has 0 aromatic heterocycles. The summed E-state index contributed by atoms with van der Waals surface area (Å²) in [5, 5.41) is 20.2. The number of hydrogen-bond donors (Lipinski definition) is 2. The molecule has 4 nitrogen and oxygen atoms in total.